The van der Waals surface area contributed by atoms with Gasteiger partial charge < -0.3 is 14.6 Å². The Kier molecular flexibility index (Phi) is 6.58. The zero-order chi connectivity index (χ0) is 16.8. The van der Waals surface area contributed by atoms with E-state index in [0.717, 1.165) is 4.42 Å². The second kappa shape index (κ2) is 6.67. The molecule has 4 amide bonds. The Morgan fingerprint density at radius 2 is 1.50 bits per heavy atom. The molecule has 2 heterocycles. The van der Waals surface area contributed by atoms with Gasteiger partial charge in [0.15, 0.2) is 11.9 Å². The molecule has 2 fully saturated rings. The summed E-state index contributed by atoms with van der Waals surface area (Å²) >= 11 is 5.42. The van der Waals surface area contributed by atoms with Crippen molar-refractivity contribution in [2.45, 2.75) is 59.0 Å². The molecule has 0 aromatic heterocycles. The summed E-state index contributed by atoms with van der Waals surface area (Å²) in [4.78, 5) is 34.6. The molecule has 0 aromatic rings. The fraction of sp³-hybridized carbons (Fsp3) is 0.786. The van der Waals surface area contributed by atoms with E-state index >= 15 is 0 Å². The molecular formula is C14H23ClN3NaO3. The maximum Gasteiger partial charge on any atom is 1.00 e. The summed E-state index contributed by atoms with van der Waals surface area (Å²) in [6, 6.07) is -0.684. The van der Waals surface area contributed by atoms with E-state index in [0.29, 0.717) is 6.42 Å². The Morgan fingerprint density at radius 3 is 1.59 bits per heavy atom. The molecule has 0 bridgehead atoms. The van der Waals surface area contributed by atoms with E-state index in [9.17, 15) is 14.4 Å². The molecule has 6 nitrogen and oxygen atoms in total. The number of amides is 4. The van der Waals surface area contributed by atoms with Crippen LogP contribution in [0.1, 0.15) is 48.0 Å². The van der Waals surface area contributed by atoms with Gasteiger partial charge in [-0.05, 0) is 19.3 Å². The van der Waals surface area contributed by atoms with E-state index in [1.54, 1.807) is 0 Å². The number of imide groups is 1. The number of urea groups is 1. The Morgan fingerprint density at radius 1 is 1.05 bits per heavy atom. The zero-order valence-corrected chi connectivity index (χ0v) is 17.4. The second-order valence-electron chi connectivity index (χ2n) is 7.11. The molecule has 22 heavy (non-hydrogen) atoms. The molecule has 0 spiro atoms. The molecule has 2 rings (SSSR count). The van der Waals surface area contributed by atoms with Crippen molar-refractivity contribution in [1.29, 1.82) is 0 Å². The molecule has 0 radical (unpaired) electrons. The van der Waals surface area contributed by atoms with Crippen molar-refractivity contribution in [2.24, 2.45) is 5.41 Å². The normalized spacial score (nSPS) is 24.5. The number of rotatable bonds is 0. The van der Waals surface area contributed by atoms with Crippen LogP contribution in [-0.2, 0) is 9.59 Å². The van der Waals surface area contributed by atoms with Crippen molar-refractivity contribution < 1.29 is 43.9 Å². The van der Waals surface area contributed by atoms with Crippen molar-refractivity contribution in [3.05, 3.63) is 5.32 Å². The van der Waals surface area contributed by atoms with Gasteiger partial charge in [-0.2, -0.15) is 0 Å². The van der Waals surface area contributed by atoms with Crippen LogP contribution in [0, 0.1) is 5.41 Å². The number of likely N-dealkylation sites (tertiary alicyclic amines) is 1. The van der Waals surface area contributed by atoms with Crippen LogP contribution in [0.4, 0.5) is 4.79 Å². The van der Waals surface area contributed by atoms with Crippen LogP contribution in [0.2, 0.25) is 0 Å². The van der Waals surface area contributed by atoms with E-state index in [-0.39, 0.29) is 46.4 Å². The molecule has 0 N–H and O–H groups in total. The molecule has 0 aromatic carbocycles. The first-order valence-corrected chi connectivity index (χ1v) is 7.12. The number of halogens is 1. The second-order valence-corrected chi connectivity index (χ2v) is 7.45. The van der Waals surface area contributed by atoms with E-state index in [4.69, 9.17) is 11.8 Å². The summed E-state index contributed by atoms with van der Waals surface area (Å²) in [5.41, 5.74) is -0.860. The van der Waals surface area contributed by atoms with E-state index in [2.05, 4.69) is 33.0 Å². The number of carbonyl (C=O) groups excluding carboxylic acids is 3. The zero-order valence-electron chi connectivity index (χ0n) is 14.7. The van der Waals surface area contributed by atoms with Gasteiger partial charge in [-0.15, -0.1) is 0 Å². The summed E-state index contributed by atoms with van der Waals surface area (Å²) in [5, 5.41) is 3.14. The monoisotopic (exact) mass is 339 g/mol. The predicted molar refractivity (Wildman–Crippen MR) is 80.8 cm³/mol. The van der Waals surface area contributed by atoms with Gasteiger partial charge in [-0.1, -0.05) is 39.5 Å². The van der Waals surface area contributed by atoms with Crippen molar-refractivity contribution in [2.75, 3.05) is 7.05 Å². The first-order valence-electron chi connectivity index (χ1n) is 6.78. The van der Waals surface area contributed by atoms with Gasteiger partial charge in [-0.3, -0.25) is 14.4 Å². The number of hydrogen-bond acceptors (Lipinski definition) is 3. The topological polar surface area (TPSA) is 71.8 Å². The van der Waals surface area contributed by atoms with Crippen LogP contribution >= 0.6 is 11.8 Å². The standard InChI is InChI=1S/C9H17NO.C5H7ClN2O2.Na/c1-8(2)6-7(11)10(5)9(8,3)4;1-5(2)3(9)7-4(10)8(5)6;/h6H2,1-5H3;1-2H3,(H,7,9,10);/q;;+1/p-1. The van der Waals surface area contributed by atoms with Crippen LogP contribution in [0.5, 0.6) is 0 Å². The van der Waals surface area contributed by atoms with Crippen LogP contribution in [0.3, 0.4) is 0 Å². The molecule has 0 saturated carbocycles. The third-order valence-corrected chi connectivity index (χ3v) is 5.41. The Bertz CT molecular complexity index is 492. The van der Waals surface area contributed by atoms with Gasteiger partial charge in [0.1, 0.15) is 0 Å². The summed E-state index contributed by atoms with van der Waals surface area (Å²) in [5.74, 6) is -0.229. The molecule has 2 saturated heterocycles. The van der Waals surface area contributed by atoms with E-state index in [1.165, 1.54) is 13.8 Å². The predicted octanol–water partition coefficient (Wildman–Crippen LogP) is -0.0880. The maximum atomic E-state index is 11.3. The van der Waals surface area contributed by atoms with Crippen LogP contribution in [0.25, 0.3) is 5.32 Å². The Labute approximate surface area is 159 Å². The number of hydrogen-bond donors (Lipinski definition) is 0. The van der Waals surface area contributed by atoms with Crippen LogP contribution in [0.15, 0.2) is 0 Å². The Hall–Kier alpha value is -0.300. The minimum Gasteiger partial charge on any atom is -0.368 e. The van der Waals surface area contributed by atoms with Crippen molar-refractivity contribution in [3.8, 4) is 0 Å². The molecule has 0 atom stereocenters. The molecule has 0 unspecified atom stereocenters. The molecule has 2 aliphatic rings. The van der Waals surface area contributed by atoms with Crippen molar-refractivity contribution in [1.82, 2.24) is 9.32 Å². The molecule has 0 aliphatic carbocycles. The number of nitrogens with zero attached hydrogens (tertiary/aromatic N) is 3. The first kappa shape index (κ1) is 21.7. The molecule has 2 aliphatic heterocycles. The quantitative estimate of drug-likeness (QED) is 0.352. The van der Waals surface area contributed by atoms with Crippen LogP contribution in [-0.4, -0.2) is 45.3 Å². The van der Waals surface area contributed by atoms with Gasteiger partial charge in [0, 0.05) is 24.5 Å². The van der Waals surface area contributed by atoms with Gasteiger partial charge in [0.25, 0.3) is 0 Å². The van der Waals surface area contributed by atoms with Crippen LogP contribution < -0.4 is 29.6 Å². The van der Waals surface area contributed by atoms with E-state index < -0.39 is 17.5 Å². The van der Waals surface area contributed by atoms with Gasteiger partial charge in [0.2, 0.25) is 5.91 Å². The molecule has 8 heteroatoms. The SMILES string of the molecule is CC1(C)C(=O)[N-]C(=O)N1Cl.CN1C(=O)CC(C)(C)C1(C)C.[Na+]. The third-order valence-electron chi connectivity index (χ3n) is 4.84. The minimum atomic E-state index is -0.974. The summed E-state index contributed by atoms with van der Waals surface area (Å²) < 4.78 is 0.801. The smallest absolute Gasteiger partial charge is 0.368 e. The van der Waals surface area contributed by atoms with Gasteiger partial charge in [0.05, 0.1) is 0 Å². The summed E-state index contributed by atoms with van der Waals surface area (Å²) in [6.07, 6.45) is 0.677. The molecular weight excluding hydrogens is 317 g/mol. The fourth-order valence-electron chi connectivity index (χ4n) is 2.07. The maximum absolute atomic E-state index is 11.3. The Balaban J connectivity index is 0.000000385. The third kappa shape index (κ3) is 3.61. The first-order chi connectivity index (χ1) is 9.25. The van der Waals surface area contributed by atoms with Gasteiger partial charge >= 0.3 is 29.6 Å². The average Bonchev–Trinajstić information content (AvgIpc) is 2.59. The number of carbonyl (C=O) groups is 3. The average molecular weight is 340 g/mol. The van der Waals surface area contributed by atoms with Gasteiger partial charge in [-0.25, -0.2) is 0 Å². The fourth-order valence-corrected chi connectivity index (χ4v) is 2.18. The summed E-state index contributed by atoms with van der Waals surface area (Å²) in [6.45, 7) is 11.6. The van der Waals surface area contributed by atoms with Crippen molar-refractivity contribution in [3.63, 3.8) is 0 Å². The minimum absolute atomic E-state index is 0. The van der Waals surface area contributed by atoms with Crippen molar-refractivity contribution >= 4 is 29.6 Å². The summed E-state index contributed by atoms with van der Waals surface area (Å²) in [7, 11) is 1.89. The largest absolute Gasteiger partial charge is 1.00 e. The van der Waals surface area contributed by atoms with E-state index in [1.807, 2.05) is 11.9 Å². The molecule has 120 valence electrons.